The molecule has 0 unspecified atom stereocenters. The van der Waals surface area contributed by atoms with Gasteiger partial charge in [-0.2, -0.15) is 0 Å². The second-order valence-corrected chi connectivity index (χ2v) is 6.37. The molecule has 0 bridgehead atoms. The average molecular weight is 347 g/mol. The minimum Gasteiger partial charge on any atom is -0.480 e. The zero-order chi connectivity index (χ0) is 18.2. The summed E-state index contributed by atoms with van der Waals surface area (Å²) in [6, 6.07) is 24.3. The summed E-state index contributed by atoms with van der Waals surface area (Å²) in [5.41, 5.74) is 1.29. The van der Waals surface area contributed by atoms with Crippen LogP contribution in [0.2, 0.25) is 0 Å². The van der Waals surface area contributed by atoms with Crippen molar-refractivity contribution in [3.05, 3.63) is 78.4 Å². The fourth-order valence-electron chi connectivity index (χ4n) is 3.04. The summed E-state index contributed by atoms with van der Waals surface area (Å²) in [7, 11) is 0. The Bertz CT molecular complexity index is 840. The maximum atomic E-state index is 12.5. The summed E-state index contributed by atoms with van der Waals surface area (Å²) in [5, 5.41) is 5.16. The van der Waals surface area contributed by atoms with E-state index in [1.807, 2.05) is 67.6 Å². The van der Waals surface area contributed by atoms with Gasteiger partial charge in [0.1, 0.15) is 5.75 Å². The van der Waals surface area contributed by atoms with Crippen molar-refractivity contribution in [2.45, 2.75) is 32.3 Å². The van der Waals surface area contributed by atoms with Crippen LogP contribution in [0.15, 0.2) is 72.8 Å². The number of carbonyl (C=O) groups excluding carboxylic acids is 1. The molecule has 0 spiro atoms. The molecule has 3 aromatic carbocycles. The number of rotatable bonds is 8. The Kier molecular flexibility index (Phi) is 6.26. The summed E-state index contributed by atoms with van der Waals surface area (Å²) in [4.78, 5) is 12.5. The van der Waals surface area contributed by atoms with Crippen molar-refractivity contribution in [1.82, 2.24) is 5.32 Å². The Morgan fingerprint density at radius 2 is 1.69 bits per heavy atom. The van der Waals surface area contributed by atoms with Crippen LogP contribution in [0.4, 0.5) is 0 Å². The van der Waals surface area contributed by atoms with Gasteiger partial charge in [-0.05, 0) is 36.3 Å². The van der Waals surface area contributed by atoms with Crippen molar-refractivity contribution in [3.63, 3.8) is 0 Å². The van der Waals surface area contributed by atoms with E-state index in [4.69, 9.17) is 4.74 Å². The maximum Gasteiger partial charge on any atom is 0.261 e. The lowest BCUT2D eigenvalue weighted by Crippen LogP contribution is -2.38. The number of hydrogen-bond acceptors (Lipinski definition) is 2. The monoisotopic (exact) mass is 347 g/mol. The summed E-state index contributed by atoms with van der Waals surface area (Å²) < 4.78 is 6.04. The first-order valence-corrected chi connectivity index (χ1v) is 9.24. The third-order valence-corrected chi connectivity index (χ3v) is 4.47. The highest BCUT2D eigenvalue weighted by Crippen LogP contribution is 2.26. The van der Waals surface area contributed by atoms with Crippen molar-refractivity contribution in [3.8, 4) is 5.75 Å². The normalized spacial score (nSPS) is 11.9. The first kappa shape index (κ1) is 18.0. The molecule has 0 aliphatic heterocycles. The highest BCUT2D eigenvalue weighted by atomic mass is 16.5. The van der Waals surface area contributed by atoms with E-state index in [1.54, 1.807) is 0 Å². The molecule has 0 aromatic heterocycles. The van der Waals surface area contributed by atoms with Gasteiger partial charge < -0.3 is 10.1 Å². The minimum atomic E-state index is -0.475. The van der Waals surface area contributed by atoms with Gasteiger partial charge >= 0.3 is 0 Å². The second kappa shape index (κ2) is 9.04. The van der Waals surface area contributed by atoms with E-state index in [-0.39, 0.29) is 5.91 Å². The number of carbonyl (C=O) groups is 1. The van der Waals surface area contributed by atoms with E-state index < -0.39 is 6.10 Å². The predicted molar refractivity (Wildman–Crippen MR) is 106 cm³/mol. The molecule has 3 nitrogen and oxygen atoms in total. The topological polar surface area (TPSA) is 38.3 Å². The largest absolute Gasteiger partial charge is 0.480 e. The molecule has 0 aliphatic rings. The molecule has 1 atom stereocenters. The number of fused-ring (bicyclic) bond motifs is 1. The molecule has 3 rings (SSSR count). The summed E-state index contributed by atoms with van der Waals surface area (Å²) in [5.74, 6) is 0.711. The van der Waals surface area contributed by atoms with E-state index in [0.29, 0.717) is 13.0 Å². The first-order chi connectivity index (χ1) is 12.8. The van der Waals surface area contributed by atoms with Crippen LogP contribution in [-0.4, -0.2) is 18.6 Å². The molecule has 1 N–H and O–H groups in total. The van der Waals surface area contributed by atoms with Crippen molar-refractivity contribution in [2.75, 3.05) is 6.54 Å². The number of nitrogens with one attached hydrogen (secondary N) is 1. The van der Waals surface area contributed by atoms with E-state index in [2.05, 4.69) is 17.4 Å². The van der Waals surface area contributed by atoms with Gasteiger partial charge in [-0.25, -0.2) is 0 Å². The van der Waals surface area contributed by atoms with E-state index >= 15 is 0 Å². The molecule has 3 aromatic rings. The standard InChI is InChI=1S/C23H25NO2/c1-2-21(23(25)24-17-9-12-18-10-4-3-5-11-18)26-22-16-8-14-19-13-6-7-15-20(19)22/h3-8,10-11,13-16,21H,2,9,12,17H2,1H3,(H,24,25)/t21-/m1/s1. The van der Waals surface area contributed by atoms with Crippen LogP contribution in [0, 0.1) is 0 Å². The highest BCUT2D eigenvalue weighted by molar-refractivity contribution is 5.89. The second-order valence-electron chi connectivity index (χ2n) is 6.37. The van der Waals surface area contributed by atoms with Gasteiger partial charge in [-0.15, -0.1) is 0 Å². The quantitative estimate of drug-likeness (QED) is 0.597. The molecule has 1 amide bonds. The van der Waals surface area contributed by atoms with Crippen LogP contribution in [0.5, 0.6) is 5.75 Å². The Morgan fingerprint density at radius 3 is 2.50 bits per heavy atom. The third-order valence-electron chi connectivity index (χ3n) is 4.47. The van der Waals surface area contributed by atoms with Crippen LogP contribution in [0.25, 0.3) is 10.8 Å². The molecule has 0 aliphatic carbocycles. The van der Waals surface area contributed by atoms with Crippen LogP contribution in [0.3, 0.4) is 0 Å². The lowest BCUT2D eigenvalue weighted by molar-refractivity contribution is -0.128. The van der Waals surface area contributed by atoms with Gasteiger partial charge in [-0.3, -0.25) is 4.79 Å². The highest BCUT2D eigenvalue weighted by Gasteiger charge is 2.18. The first-order valence-electron chi connectivity index (χ1n) is 9.24. The van der Waals surface area contributed by atoms with Gasteiger partial charge in [0.05, 0.1) is 0 Å². The van der Waals surface area contributed by atoms with Crippen molar-refractivity contribution in [2.24, 2.45) is 0 Å². The molecule has 0 radical (unpaired) electrons. The summed E-state index contributed by atoms with van der Waals surface area (Å²) in [6.45, 7) is 2.63. The van der Waals surface area contributed by atoms with Crippen molar-refractivity contribution >= 4 is 16.7 Å². The zero-order valence-corrected chi connectivity index (χ0v) is 15.2. The molecule has 26 heavy (non-hydrogen) atoms. The van der Waals surface area contributed by atoms with Gasteiger partial charge in [0.25, 0.3) is 5.91 Å². The SMILES string of the molecule is CC[C@@H](Oc1cccc2ccccc12)C(=O)NCCCc1ccccc1. The molecular weight excluding hydrogens is 322 g/mol. The summed E-state index contributed by atoms with van der Waals surface area (Å²) >= 11 is 0. The number of ether oxygens (including phenoxy) is 1. The minimum absolute atomic E-state index is 0.0477. The van der Waals surface area contributed by atoms with Crippen LogP contribution < -0.4 is 10.1 Å². The average Bonchev–Trinajstić information content (AvgIpc) is 2.70. The van der Waals surface area contributed by atoms with Crippen LogP contribution >= 0.6 is 0 Å². The van der Waals surface area contributed by atoms with Gasteiger partial charge in [0, 0.05) is 11.9 Å². The van der Waals surface area contributed by atoms with Crippen LogP contribution in [-0.2, 0) is 11.2 Å². The Morgan fingerprint density at radius 1 is 0.962 bits per heavy atom. The number of benzene rings is 3. The molecule has 0 fully saturated rings. The fourth-order valence-corrected chi connectivity index (χ4v) is 3.04. The maximum absolute atomic E-state index is 12.5. The zero-order valence-electron chi connectivity index (χ0n) is 15.2. The molecular formula is C23H25NO2. The van der Waals surface area contributed by atoms with Crippen molar-refractivity contribution < 1.29 is 9.53 Å². The van der Waals surface area contributed by atoms with E-state index in [1.165, 1.54) is 5.56 Å². The molecule has 0 saturated carbocycles. The number of aryl methyl sites for hydroxylation is 1. The van der Waals surface area contributed by atoms with Crippen LogP contribution in [0.1, 0.15) is 25.3 Å². The lowest BCUT2D eigenvalue weighted by atomic mass is 10.1. The number of amides is 1. The summed E-state index contributed by atoms with van der Waals surface area (Å²) in [6.07, 6.45) is 2.04. The Balaban J connectivity index is 1.55. The molecule has 134 valence electrons. The van der Waals surface area contributed by atoms with Crippen molar-refractivity contribution in [1.29, 1.82) is 0 Å². The lowest BCUT2D eigenvalue weighted by Gasteiger charge is -2.18. The van der Waals surface area contributed by atoms with Gasteiger partial charge in [-0.1, -0.05) is 73.7 Å². The predicted octanol–water partition coefficient (Wildman–Crippen LogP) is 4.75. The van der Waals surface area contributed by atoms with E-state index in [0.717, 1.165) is 29.4 Å². The smallest absolute Gasteiger partial charge is 0.261 e. The molecule has 0 saturated heterocycles. The number of hydrogen-bond donors (Lipinski definition) is 1. The molecule has 0 heterocycles. The Hall–Kier alpha value is -2.81. The third kappa shape index (κ3) is 4.63. The Labute approximate surface area is 155 Å². The molecule has 3 heteroatoms. The van der Waals surface area contributed by atoms with E-state index in [9.17, 15) is 4.79 Å². The van der Waals surface area contributed by atoms with Gasteiger partial charge in [0.2, 0.25) is 0 Å². The van der Waals surface area contributed by atoms with Gasteiger partial charge in [0.15, 0.2) is 6.10 Å². The fraction of sp³-hybridized carbons (Fsp3) is 0.261.